The average molecular weight is 491 g/mol. The molecule has 6 nitrogen and oxygen atoms in total. The van der Waals surface area contributed by atoms with Crippen LogP contribution in [0.3, 0.4) is 0 Å². The zero-order valence-corrected chi connectivity index (χ0v) is 14.3. The number of carbonyl (C=O) groups is 1. The molecule has 0 aliphatic rings. The average Bonchev–Trinajstić information content (AvgIpc) is 2.86. The van der Waals surface area contributed by atoms with E-state index in [9.17, 15) is 9.18 Å². The summed E-state index contributed by atoms with van der Waals surface area (Å²) < 4.78 is 25.1. The first-order chi connectivity index (χ1) is 9.92. The van der Waals surface area contributed by atoms with E-state index in [1.807, 2.05) is 0 Å². The van der Waals surface area contributed by atoms with Crippen LogP contribution in [0.2, 0.25) is 0 Å². The summed E-state index contributed by atoms with van der Waals surface area (Å²) in [6.07, 6.45) is 1.72. The van der Waals surface area contributed by atoms with Crippen molar-refractivity contribution in [3.63, 3.8) is 0 Å². The molecule has 0 spiro atoms. The van der Waals surface area contributed by atoms with Crippen molar-refractivity contribution in [3.05, 3.63) is 17.6 Å². The van der Waals surface area contributed by atoms with E-state index in [0.29, 0.717) is 19.7 Å². The molecule has 4 N–H and O–H groups in total. The molecule has 2 aromatic rings. The first kappa shape index (κ1) is 16.0. The molecule has 0 radical (unpaired) electrons. The predicted octanol–water partition coefficient (Wildman–Crippen LogP) is 0.453. The van der Waals surface area contributed by atoms with Crippen molar-refractivity contribution < 1.29 is 48.5 Å². The summed E-state index contributed by atoms with van der Waals surface area (Å²) in [7, 11) is 2.78. The van der Waals surface area contributed by atoms with Gasteiger partial charge in [0, 0.05) is 0 Å². The second-order valence-corrected chi connectivity index (χ2v) is 5.88. The summed E-state index contributed by atoms with van der Waals surface area (Å²) in [6.45, 7) is 0. The number of fused-ring (bicyclic) bond motifs is 1. The molecule has 1 unspecified atom stereocenters. The molecule has 0 aliphatic carbocycles. The molecule has 2 rings (SSSR count). The number of aromatic amines is 1. The Morgan fingerprint density at radius 3 is 2.62 bits per heavy atom. The van der Waals surface area contributed by atoms with Crippen LogP contribution < -0.4 is 18.5 Å². The number of carboxylic acid groups (broad SMARTS) is 1. The van der Waals surface area contributed by atoms with Gasteiger partial charge in [0.25, 0.3) is 0 Å². The first-order valence-corrected chi connectivity index (χ1v) is 7.46. The van der Waals surface area contributed by atoms with Gasteiger partial charge in [0.05, 0.1) is 0 Å². The van der Waals surface area contributed by atoms with Crippen LogP contribution in [0, 0.1) is 30.5 Å². The summed E-state index contributed by atoms with van der Waals surface area (Å²) in [5.74, 6) is -1.34. The fourth-order valence-corrected chi connectivity index (χ4v) is 3.35. The Morgan fingerprint density at radius 1 is 1.48 bits per heavy atom. The minimum atomic E-state index is -1.10. The van der Waals surface area contributed by atoms with Gasteiger partial charge in [0.1, 0.15) is 0 Å². The van der Waals surface area contributed by atoms with Crippen molar-refractivity contribution in [1.29, 1.82) is 0 Å². The van der Waals surface area contributed by atoms with Crippen LogP contribution >= 0.6 is 0 Å². The van der Waals surface area contributed by atoms with E-state index in [-0.39, 0.29) is 17.9 Å². The van der Waals surface area contributed by atoms with E-state index in [2.05, 4.69) is 4.98 Å². The number of aliphatic carboxylic acids is 1. The molecule has 0 amide bonds. The molecule has 0 bridgehead atoms. The number of aromatic nitrogens is 1. The monoisotopic (exact) mass is 491 g/mol. The fraction of sp³-hybridized carbons (Fsp3) is 0.308. The maximum absolute atomic E-state index is 14.4. The minimum absolute atomic E-state index is 0.0263. The topological polar surface area (TPSA) is 97.6 Å². The number of carboxylic acids is 1. The van der Waals surface area contributed by atoms with Crippen LogP contribution in [0.1, 0.15) is 5.56 Å². The molecule has 0 saturated carbocycles. The van der Waals surface area contributed by atoms with Gasteiger partial charge >= 0.3 is 135 Å². The van der Waals surface area contributed by atoms with Gasteiger partial charge < -0.3 is 0 Å². The van der Waals surface area contributed by atoms with Crippen LogP contribution in [-0.2, 0) is 11.2 Å². The van der Waals surface area contributed by atoms with E-state index in [1.165, 1.54) is 14.2 Å². The predicted molar refractivity (Wildman–Crippen MR) is 70.3 cm³/mol. The number of nitrogens with two attached hydrogens (primary N) is 1. The van der Waals surface area contributed by atoms with Crippen LogP contribution in [0.15, 0.2) is 6.20 Å². The van der Waals surface area contributed by atoms with Crippen LogP contribution in [0.4, 0.5) is 4.39 Å². The Labute approximate surface area is 135 Å². The van der Waals surface area contributed by atoms with Gasteiger partial charge in [0.2, 0.25) is 0 Å². The van der Waals surface area contributed by atoms with Gasteiger partial charge in [-0.05, 0) is 0 Å². The Kier molecular flexibility index (Phi) is 4.68. The maximum atomic E-state index is 14.4. The fourth-order valence-electron chi connectivity index (χ4n) is 2.18. The van der Waals surface area contributed by atoms with Crippen molar-refractivity contribution in [3.8, 4) is 11.5 Å². The zero-order chi connectivity index (χ0) is 15.7. The van der Waals surface area contributed by atoms with E-state index >= 15 is 0 Å². The Balaban J connectivity index is 2.67. The molecule has 114 valence electrons. The van der Waals surface area contributed by atoms with Gasteiger partial charge in [-0.2, -0.15) is 0 Å². The van der Waals surface area contributed by atoms with E-state index < -0.39 is 17.8 Å². The number of ether oxygens (including phenoxy) is 2. The van der Waals surface area contributed by atoms with E-state index in [0.717, 1.165) is 24.7 Å². The molecule has 1 aromatic carbocycles. The molecule has 1 aromatic heterocycles. The van der Waals surface area contributed by atoms with E-state index in [1.54, 1.807) is 6.20 Å². The van der Waals surface area contributed by atoms with Crippen molar-refractivity contribution in [2.45, 2.75) is 12.5 Å². The molecule has 0 fully saturated rings. The summed E-state index contributed by atoms with van der Waals surface area (Å²) in [4.78, 5) is 13.9. The molecule has 8 heteroatoms. The molecular formula is C13H14AtFN2O4. The van der Waals surface area contributed by atoms with E-state index in [4.69, 9.17) is 20.3 Å². The third kappa shape index (κ3) is 2.70. The molecule has 0 saturated heterocycles. The zero-order valence-electron chi connectivity index (χ0n) is 11.4. The number of hydrogen-bond donors (Lipinski definition) is 3. The van der Waals surface area contributed by atoms with Gasteiger partial charge in [-0.3, -0.25) is 0 Å². The molecule has 1 heterocycles. The van der Waals surface area contributed by atoms with Gasteiger partial charge in [-0.1, -0.05) is 0 Å². The Morgan fingerprint density at radius 2 is 2.10 bits per heavy atom. The van der Waals surface area contributed by atoms with Crippen LogP contribution in [0.5, 0.6) is 11.5 Å². The summed E-state index contributed by atoms with van der Waals surface area (Å²) in [6, 6.07) is -1.05. The Hall–Kier alpha value is -1.40. The van der Waals surface area contributed by atoms with Crippen molar-refractivity contribution in [1.82, 2.24) is 4.98 Å². The molecule has 1 atom stereocenters. The number of H-pyrrole nitrogens is 1. The molecule has 21 heavy (non-hydrogen) atoms. The quantitative estimate of drug-likeness (QED) is 0.565. The molecular weight excluding hydrogens is 477 g/mol. The second kappa shape index (κ2) is 6.16. The number of benzene rings is 1. The number of rotatable bonds is 5. The Bertz CT molecular complexity index is 701. The molecule has 0 aliphatic heterocycles. The van der Waals surface area contributed by atoms with Gasteiger partial charge in [0.15, 0.2) is 0 Å². The van der Waals surface area contributed by atoms with Crippen molar-refractivity contribution in [2.75, 3.05) is 14.2 Å². The SMILES string of the molecule is COc1c(F)c([At])c2c(CC(N)C(=O)O)c[nH]c2c1OC. The summed E-state index contributed by atoms with van der Waals surface area (Å²) in [5, 5.41) is 9.51. The number of methoxy groups -OCH3 is 2. The first-order valence-electron chi connectivity index (χ1n) is 5.99. The van der Waals surface area contributed by atoms with Gasteiger partial charge in [-0.15, -0.1) is 0 Å². The number of hydrogen-bond acceptors (Lipinski definition) is 4. The third-order valence-electron chi connectivity index (χ3n) is 3.17. The van der Waals surface area contributed by atoms with Gasteiger partial charge in [-0.25, -0.2) is 0 Å². The third-order valence-corrected chi connectivity index (χ3v) is 4.55. The number of halogens is 1. The summed E-state index contributed by atoms with van der Waals surface area (Å²) >= 11 is 1.13. The standard InChI is InChI=1S/C13H14AtFN2O4/c1-20-11-9(15)8(14)7-5(3-6(16)13(18)19)4-17-10(7)12(11)21-2/h4,6,17H,3,16H2,1-2H3,(H,18,19). The number of nitrogens with one attached hydrogen (secondary N) is 1. The van der Waals surface area contributed by atoms with Crippen molar-refractivity contribution in [2.24, 2.45) is 5.73 Å². The second-order valence-electron chi connectivity index (χ2n) is 4.41. The van der Waals surface area contributed by atoms with Crippen molar-refractivity contribution >= 4 is 20.1 Å². The van der Waals surface area contributed by atoms with Crippen LogP contribution in [0.25, 0.3) is 10.9 Å². The van der Waals surface area contributed by atoms with Crippen LogP contribution in [-0.4, -0.2) is 36.3 Å². The summed E-state index contributed by atoms with van der Waals surface area (Å²) in [5.41, 5.74) is 6.76. The normalized spacial score (nSPS) is 12.4.